The Hall–Kier alpha value is -5.79. The molecule has 1 saturated heterocycles. The summed E-state index contributed by atoms with van der Waals surface area (Å²) in [5, 5.41) is 13.9. The number of carbonyl (C=O) groups is 5. The van der Waals surface area contributed by atoms with Crippen molar-refractivity contribution in [3.63, 3.8) is 0 Å². The van der Waals surface area contributed by atoms with Gasteiger partial charge < -0.3 is 25.0 Å². The summed E-state index contributed by atoms with van der Waals surface area (Å²) in [6.45, 7) is 16.3. The molecule has 3 atom stereocenters. The first-order valence-electron chi connectivity index (χ1n) is 22.7. The van der Waals surface area contributed by atoms with Gasteiger partial charge in [-0.1, -0.05) is 30.3 Å². The van der Waals surface area contributed by atoms with Gasteiger partial charge in [-0.25, -0.2) is 19.6 Å². The number of nitrogens with zero attached hydrogens (tertiary/aromatic N) is 5. The lowest BCUT2D eigenvalue weighted by molar-refractivity contribution is -0.129. The lowest BCUT2D eigenvalue weighted by Gasteiger charge is -2.38. The van der Waals surface area contributed by atoms with Crippen LogP contribution in [0.15, 0.2) is 75.9 Å². The summed E-state index contributed by atoms with van der Waals surface area (Å²) in [5.41, 5.74) is 4.19. The van der Waals surface area contributed by atoms with Crippen LogP contribution in [0.5, 0.6) is 0 Å². The van der Waals surface area contributed by atoms with E-state index in [1.807, 2.05) is 97.9 Å². The minimum absolute atomic E-state index is 0.0133. The molecule has 14 nitrogen and oxygen atoms in total. The molecule has 2 aliphatic heterocycles. The summed E-state index contributed by atoms with van der Waals surface area (Å²) in [6.07, 6.45) is 4.56. The largest absolute Gasteiger partial charge is 0.444 e. The average molecular weight is 876 g/mol. The summed E-state index contributed by atoms with van der Waals surface area (Å²) >= 11 is 0. The van der Waals surface area contributed by atoms with E-state index in [4.69, 9.17) is 14.5 Å². The number of pyridine rings is 1. The molecule has 0 unspecified atom stereocenters. The fourth-order valence-corrected chi connectivity index (χ4v) is 8.76. The van der Waals surface area contributed by atoms with Crippen LogP contribution in [0.25, 0.3) is 11.1 Å². The number of benzene rings is 2. The zero-order valence-corrected chi connectivity index (χ0v) is 38.7. The number of aromatic nitrogens is 1. The SMILES string of the molecule is Cc1nc(C(=O)C[C@@H]2CCN(C(=O)OC(C)(C)C)[C@H](C)C2)ccc1-c1ccc(C[C@H](CC(=O)C2CCC(CNC(=O)OC(C)(C)C)CC2)C(=O)Nc2ccc(C3=NCN=N3)cc2)cc1. The molecule has 1 saturated carbocycles. The van der Waals surface area contributed by atoms with Crippen LogP contribution in [-0.4, -0.2) is 82.4 Å². The maximum absolute atomic E-state index is 14.0. The minimum Gasteiger partial charge on any atom is -0.444 e. The molecule has 3 amide bonds. The second-order valence-electron chi connectivity index (χ2n) is 19.7. The fraction of sp³-hybridized carbons (Fsp3) is 0.540. The number of nitrogens with one attached hydrogen (secondary N) is 2. The number of ketones is 2. The summed E-state index contributed by atoms with van der Waals surface area (Å²) in [5.74, 6) is 0.0266. The number of carbonyl (C=O) groups excluding carboxylic acids is 5. The van der Waals surface area contributed by atoms with Crippen molar-refractivity contribution in [2.75, 3.05) is 25.1 Å². The van der Waals surface area contributed by atoms with Gasteiger partial charge in [0.25, 0.3) is 0 Å². The maximum Gasteiger partial charge on any atom is 0.410 e. The second kappa shape index (κ2) is 20.8. The van der Waals surface area contributed by atoms with Crippen molar-refractivity contribution in [1.82, 2.24) is 15.2 Å². The van der Waals surface area contributed by atoms with Crippen LogP contribution < -0.4 is 10.6 Å². The first-order chi connectivity index (χ1) is 30.3. The number of hydrogen-bond acceptors (Lipinski definition) is 11. The molecule has 3 heterocycles. The monoisotopic (exact) mass is 875 g/mol. The van der Waals surface area contributed by atoms with Crippen LogP contribution in [0, 0.1) is 30.6 Å². The van der Waals surface area contributed by atoms with Crippen molar-refractivity contribution in [3.8, 4) is 11.1 Å². The van der Waals surface area contributed by atoms with Gasteiger partial charge in [-0.15, -0.1) is 5.11 Å². The highest BCUT2D eigenvalue weighted by atomic mass is 16.6. The van der Waals surface area contributed by atoms with Crippen molar-refractivity contribution in [1.29, 1.82) is 0 Å². The van der Waals surface area contributed by atoms with Crippen LogP contribution in [0.2, 0.25) is 0 Å². The molecular weight excluding hydrogens is 811 g/mol. The third-order valence-electron chi connectivity index (χ3n) is 12.1. The van der Waals surface area contributed by atoms with Crippen molar-refractivity contribution in [2.45, 2.75) is 130 Å². The molecule has 2 aromatic carbocycles. The van der Waals surface area contributed by atoms with E-state index >= 15 is 0 Å². The summed E-state index contributed by atoms with van der Waals surface area (Å²) in [4.78, 5) is 77.0. The van der Waals surface area contributed by atoms with Crippen LogP contribution in [0.3, 0.4) is 0 Å². The zero-order chi connectivity index (χ0) is 46.2. The van der Waals surface area contributed by atoms with Gasteiger partial charge in [-0.2, -0.15) is 5.11 Å². The molecule has 1 aromatic heterocycles. The number of alkyl carbamates (subject to hydrolysis) is 1. The Labute approximate surface area is 377 Å². The predicted molar refractivity (Wildman–Crippen MR) is 246 cm³/mol. The second-order valence-corrected chi connectivity index (χ2v) is 19.7. The number of piperidine rings is 1. The number of azo groups is 1. The van der Waals surface area contributed by atoms with E-state index < -0.39 is 23.2 Å². The van der Waals surface area contributed by atoms with E-state index in [9.17, 15) is 24.0 Å². The number of aliphatic imine (C=N–C) groups is 1. The van der Waals surface area contributed by atoms with Gasteiger partial charge in [0, 0.05) is 66.3 Å². The molecular formula is C50H65N7O7. The van der Waals surface area contributed by atoms with Crippen LogP contribution in [0.1, 0.15) is 127 Å². The highest BCUT2D eigenvalue weighted by molar-refractivity contribution is 6.01. The molecule has 1 aliphatic carbocycles. The topological polar surface area (TPSA) is 181 Å². The number of amidine groups is 1. The first-order valence-corrected chi connectivity index (χ1v) is 22.7. The molecule has 3 aliphatic rings. The summed E-state index contributed by atoms with van der Waals surface area (Å²) in [7, 11) is 0. The van der Waals surface area contributed by atoms with Crippen LogP contribution in [-0.2, 0) is 25.5 Å². The van der Waals surface area contributed by atoms with Crippen molar-refractivity contribution in [3.05, 3.63) is 83.2 Å². The molecule has 3 aromatic rings. The number of likely N-dealkylation sites (tertiary alicyclic amines) is 1. The minimum atomic E-state index is -0.612. The van der Waals surface area contributed by atoms with E-state index in [1.165, 1.54) is 0 Å². The molecule has 2 N–H and O–H groups in total. The molecule has 0 spiro atoms. The van der Waals surface area contributed by atoms with E-state index in [1.54, 1.807) is 23.1 Å². The maximum atomic E-state index is 14.0. The number of ether oxygens (including phenoxy) is 2. The normalized spacial score (nSPS) is 20.5. The lowest BCUT2D eigenvalue weighted by atomic mass is 9.77. The molecule has 64 heavy (non-hydrogen) atoms. The number of Topliss-reactive ketones (excluding diaryl/α,β-unsaturated/α-hetero) is 2. The van der Waals surface area contributed by atoms with E-state index in [0.29, 0.717) is 62.7 Å². The van der Waals surface area contributed by atoms with E-state index in [0.717, 1.165) is 53.6 Å². The Kier molecular flexibility index (Phi) is 15.5. The van der Waals surface area contributed by atoms with Gasteiger partial charge in [0.1, 0.15) is 22.7 Å². The first kappa shape index (κ1) is 47.7. The smallest absolute Gasteiger partial charge is 0.410 e. The Morgan fingerprint density at radius 1 is 0.812 bits per heavy atom. The van der Waals surface area contributed by atoms with Gasteiger partial charge >= 0.3 is 12.2 Å². The Morgan fingerprint density at radius 2 is 1.48 bits per heavy atom. The van der Waals surface area contributed by atoms with Gasteiger partial charge in [-0.05, 0) is 154 Å². The molecule has 6 rings (SSSR count). The van der Waals surface area contributed by atoms with Gasteiger partial charge in [-0.3, -0.25) is 14.4 Å². The van der Waals surface area contributed by atoms with Crippen LogP contribution in [0.4, 0.5) is 15.3 Å². The van der Waals surface area contributed by atoms with Crippen LogP contribution >= 0.6 is 0 Å². The standard InChI is InChI=1S/C50H65N7O7/c1-31-25-35(23-24-57(31)48(62)64-50(6,7)8)27-44(59)42-22-21-41(32(2)54-42)36-13-9-33(10-14-36)26-39(46(60)55-40-19-17-38(18-20-40)45-52-30-53-56-45)28-43(58)37-15-11-34(12-16-37)29-51-47(61)63-49(3,4)5/h9-10,13-14,17-22,31,34-35,37,39H,11-12,15-16,23-30H2,1-8H3,(H,51,61)(H,55,60)/t31-,34?,35-,37?,39-/m1/s1. The molecule has 2 fully saturated rings. The van der Waals surface area contributed by atoms with Crippen molar-refractivity contribution < 1.29 is 33.4 Å². The van der Waals surface area contributed by atoms with Gasteiger partial charge in [0.2, 0.25) is 5.91 Å². The number of amides is 3. The quantitative estimate of drug-likeness (QED) is 0.150. The number of hydrogen-bond donors (Lipinski definition) is 2. The van der Waals surface area contributed by atoms with Crippen molar-refractivity contribution >= 4 is 41.2 Å². The highest BCUT2D eigenvalue weighted by Crippen LogP contribution is 2.33. The Morgan fingerprint density at radius 3 is 2.09 bits per heavy atom. The molecule has 342 valence electrons. The van der Waals surface area contributed by atoms with E-state index in [2.05, 4.69) is 25.9 Å². The number of rotatable bonds is 14. The average Bonchev–Trinajstić information content (AvgIpc) is 3.78. The number of aryl methyl sites for hydroxylation is 1. The summed E-state index contributed by atoms with van der Waals surface area (Å²) < 4.78 is 11.0. The predicted octanol–water partition coefficient (Wildman–Crippen LogP) is 9.92. The third-order valence-corrected chi connectivity index (χ3v) is 12.1. The highest BCUT2D eigenvalue weighted by Gasteiger charge is 2.34. The molecule has 0 bridgehead atoms. The van der Waals surface area contributed by atoms with Gasteiger partial charge in [0.05, 0.1) is 0 Å². The number of anilines is 1. The zero-order valence-electron chi connectivity index (χ0n) is 38.7. The van der Waals surface area contributed by atoms with E-state index in [-0.39, 0.29) is 53.8 Å². The Bertz CT molecular complexity index is 2220. The third kappa shape index (κ3) is 13.6. The van der Waals surface area contributed by atoms with Gasteiger partial charge in [0.15, 0.2) is 18.3 Å². The molecule has 0 radical (unpaired) electrons. The fourth-order valence-electron chi connectivity index (χ4n) is 8.76. The summed E-state index contributed by atoms with van der Waals surface area (Å²) in [6, 6.07) is 18.9. The Balaban J connectivity index is 1.08. The lowest BCUT2D eigenvalue weighted by Crippen LogP contribution is -2.47. The molecule has 14 heteroatoms. The van der Waals surface area contributed by atoms with Crippen molar-refractivity contribution in [2.24, 2.45) is 38.9 Å².